The molecule has 0 saturated heterocycles. The highest BCUT2D eigenvalue weighted by Gasteiger charge is 2.17. The lowest BCUT2D eigenvalue weighted by atomic mass is 10.2. The fourth-order valence-electron chi connectivity index (χ4n) is 1.40. The first-order valence-electron chi connectivity index (χ1n) is 5.71. The first kappa shape index (κ1) is 13.4. The van der Waals surface area contributed by atoms with Crippen molar-refractivity contribution in [1.29, 1.82) is 0 Å². The molecule has 0 bridgehead atoms. The summed E-state index contributed by atoms with van der Waals surface area (Å²) in [6, 6.07) is 5.17. The summed E-state index contributed by atoms with van der Waals surface area (Å²) in [6.07, 6.45) is 0.861. The van der Waals surface area contributed by atoms with E-state index in [4.69, 9.17) is 14.2 Å². The Morgan fingerprint density at radius 2 is 2.06 bits per heavy atom. The molecule has 0 saturated carbocycles. The van der Waals surface area contributed by atoms with Gasteiger partial charge in [-0.3, -0.25) is 0 Å². The van der Waals surface area contributed by atoms with Gasteiger partial charge in [0.15, 0.2) is 11.5 Å². The van der Waals surface area contributed by atoms with Gasteiger partial charge >= 0.3 is 5.97 Å². The third-order valence-corrected chi connectivity index (χ3v) is 2.14. The smallest absolute Gasteiger partial charge is 0.342 e. The topological polar surface area (TPSA) is 44.8 Å². The molecule has 4 heteroatoms. The average Bonchev–Trinajstić information content (AvgIpc) is 2.36. The highest BCUT2D eigenvalue weighted by Crippen LogP contribution is 2.31. The number of carbonyl (C=O) groups is 1. The van der Waals surface area contributed by atoms with Crippen molar-refractivity contribution < 1.29 is 19.0 Å². The van der Waals surface area contributed by atoms with Crippen LogP contribution in [-0.2, 0) is 4.74 Å². The molecule has 17 heavy (non-hydrogen) atoms. The molecule has 0 unspecified atom stereocenters. The van der Waals surface area contributed by atoms with E-state index in [9.17, 15) is 4.79 Å². The Kier molecular flexibility index (Phi) is 5.33. The lowest BCUT2D eigenvalue weighted by Crippen LogP contribution is -2.09. The Labute approximate surface area is 101 Å². The summed E-state index contributed by atoms with van der Waals surface area (Å²) in [7, 11) is 1.54. The minimum absolute atomic E-state index is 0.337. The molecule has 0 spiro atoms. The molecule has 0 aromatic heterocycles. The van der Waals surface area contributed by atoms with Crippen molar-refractivity contribution in [2.75, 3.05) is 20.3 Å². The summed E-state index contributed by atoms with van der Waals surface area (Å²) in [5.41, 5.74) is 0.402. The molecular weight excluding hydrogens is 220 g/mol. The monoisotopic (exact) mass is 238 g/mol. The van der Waals surface area contributed by atoms with Crippen molar-refractivity contribution in [3.05, 3.63) is 23.8 Å². The van der Waals surface area contributed by atoms with Gasteiger partial charge in [-0.2, -0.15) is 0 Å². The molecule has 0 aliphatic carbocycles. The highest BCUT2D eigenvalue weighted by atomic mass is 16.5. The van der Waals surface area contributed by atoms with E-state index in [1.165, 1.54) is 0 Å². The first-order valence-corrected chi connectivity index (χ1v) is 5.71. The van der Waals surface area contributed by atoms with Crippen LogP contribution in [0.1, 0.15) is 30.6 Å². The Bertz CT molecular complexity index is 374. The Hall–Kier alpha value is -1.71. The third-order valence-electron chi connectivity index (χ3n) is 2.14. The summed E-state index contributed by atoms with van der Waals surface area (Å²) < 4.78 is 15.7. The van der Waals surface area contributed by atoms with Crippen LogP contribution in [0, 0.1) is 0 Å². The normalized spacial score (nSPS) is 9.82. The van der Waals surface area contributed by atoms with Crippen molar-refractivity contribution in [1.82, 2.24) is 0 Å². The molecule has 0 radical (unpaired) electrons. The van der Waals surface area contributed by atoms with E-state index >= 15 is 0 Å². The van der Waals surface area contributed by atoms with Crippen molar-refractivity contribution in [3.8, 4) is 11.5 Å². The van der Waals surface area contributed by atoms with E-state index in [0.717, 1.165) is 6.42 Å². The van der Waals surface area contributed by atoms with Crippen molar-refractivity contribution in [2.24, 2.45) is 0 Å². The van der Waals surface area contributed by atoms with Crippen molar-refractivity contribution in [2.45, 2.75) is 20.3 Å². The molecule has 1 rings (SSSR count). The highest BCUT2D eigenvalue weighted by molar-refractivity contribution is 5.93. The number of esters is 1. The predicted molar refractivity (Wildman–Crippen MR) is 64.7 cm³/mol. The molecule has 1 aromatic carbocycles. The zero-order chi connectivity index (χ0) is 12.7. The number of benzene rings is 1. The van der Waals surface area contributed by atoms with Crippen LogP contribution in [0.25, 0.3) is 0 Å². The van der Waals surface area contributed by atoms with Crippen molar-refractivity contribution >= 4 is 5.97 Å². The quantitative estimate of drug-likeness (QED) is 0.715. The summed E-state index contributed by atoms with van der Waals surface area (Å²) in [5, 5.41) is 0. The fourth-order valence-corrected chi connectivity index (χ4v) is 1.40. The van der Waals surface area contributed by atoms with Gasteiger partial charge in [-0.05, 0) is 25.5 Å². The number of hydrogen-bond donors (Lipinski definition) is 0. The summed E-state index contributed by atoms with van der Waals surface area (Å²) in [4.78, 5) is 11.7. The van der Waals surface area contributed by atoms with Crippen LogP contribution in [0.2, 0.25) is 0 Å². The average molecular weight is 238 g/mol. The van der Waals surface area contributed by atoms with Gasteiger partial charge in [0.25, 0.3) is 0 Å². The lowest BCUT2D eigenvalue weighted by molar-refractivity contribution is 0.0521. The molecule has 1 aromatic rings. The standard InChI is InChI=1S/C13H18O4/c1-4-9-17-12-10(13(14)16-5-2)7-6-8-11(12)15-3/h6-8H,4-5,9H2,1-3H3. The number of methoxy groups -OCH3 is 1. The van der Waals surface area contributed by atoms with Gasteiger partial charge < -0.3 is 14.2 Å². The van der Waals surface area contributed by atoms with Gasteiger partial charge in [-0.1, -0.05) is 13.0 Å². The van der Waals surface area contributed by atoms with E-state index in [-0.39, 0.29) is 0 Å². The van der Waals surface area contributed by atoms with E-state index in [0.29, 0.717) is 30.3 Å². The summed E-state index contributed by atoms with van der Waals surface area (Å²) in [6.45, 7) is 4.64. The van der Waals surface area contributed by atoms with E-state index in [1.54, 1.807) is 32.2 Å². The maximum absolute atomic E-state index is 11.7. The molecule has 0 heterocycles. The van der Waals surface area contributed by atoms with Crippen LogP contribution < -0.4 is 9.47 Å². The predicted octanol–water partition coefficient (Wildman–Crippen LogP) is 2.66. The minimum atomic E-state index is -0.391. The number of ether oxygens (including phenoxy) is 3. The fraction of sp³-hybridized carbons (Fsp3) is 0.462. The molecule has 0 atom stereocenters. The number of hydrogen-bond acceptors (Lipinski definition) is 4. The van der Waals surface area contributed by atoms with Gasteiger partial charge in [0.1, 0.15) is 5.56 Å². The van der Waals surface area contributed by atoms with Crippen LogP contribution in [0.5, 0.6) is 11.5 Å². The van der Waals surface area contributed by atoms with E-state index in [1.807, 2.05) is 6.92 Å². The van der Waals surface area contributed by atoms with Crippen LogP contribution in [0.4, 0.5) is 0 Å². The van der Waals surface area contributed by atoms with E-state index < -0.39 is 5.97 Å². The summed E-state index contributed by atoms with van der Waals surface area (Å²) >= 11 is 0. The second-order valence-corrected chi connectivity index (χ2v) is 3.41. The SMILES string of the molecule is CCCOc1c(OC)cccc1C(=O)OCC. The molecule has 0 N–H and O–H groups in total. The number of carbonyl (C=O) groups excluding carboxylic acids is 1. The second-order valence-electron chi connectivity index (χ2n) is 3.41. The zero-order valence-electron chi connectivity index (χ0n) is 10.5. The maximum Gasteiger partial charge on any atom is 0.342 e. The number of rotatable bonds is 6. The Morgan fingerprint density at radius 3 is 2.65 bits per heavy atom. The molecule has 4 nitrogen and oxygen atoms in total. The maximum atomic E-state index is 11.7. The Morgan fingerprint density at radius 1 is 1.29 bits per heavy atom. The lowest BCUT2D eigenvalue weighted by Gasteiger charge is -2.13. The first-order chi connectivity index (χ1) is 8.24. The Balaban J connectivity index is 3.05. The van der Waals surface area contributed by atoms with Gasteiger partial charge in [-0.25, -0.2) is 4.79 Å². The molecule has 94 valence electrons. The molecule has 0 fully saturated rings. The minimum Gasteiger partial charge on any atom is -0.493 e. The molecule has 0 aliphatic rings. The molecular formula is C13H18O4. The van der Waals surface area contributed by atoms with Crippen LogP contribution in [0.3, 0.4) is 0 Å². The summed E-state index contributed by atoms with van der Waals surface area (Å²) in [5.74, 6) is 0.608. The van der Waals surface area contributed by atoms with Crippen molar-refractivity contribution in [3.63, 3.8) is 0 Å². The van der Waals surface area contributed by atoms with Crippen LogP contribution >= 0.6 is 0 Å². The number of para-hydroxylation sites is 1. The van der Waals surface area contributed by atoms with Crippen LogP contribution in [0.15, 0.2) is 18.2 Å². The van der Waals surface area contributed by atoms with E-state index in [2.05, 4.69) is 0 Å². The molecule has 0 amide bonds. The van der Waals surface area contributed by atoms with Gasteiger partial charge in [0, 0.05) is 0 Å². The molecule has 0 aliphatic heterocycles. The zero-order valence-corrected chi connectivity index (χ0v) is 10.5. The third kappa shape index (κ3) is 3.37. The van der Waals surface area contributed by atoms with Gasteiger partial charge in [0.05, 0.1) is 20.3 Å². The van der Waals surface area contributed by atoms with Gasteiger partial charge in [0.2, 0.25) is 0 Å². The largest absolute Gasteiger partial charge is 0.493 e. The van der Waals surface area contributed by atoms with Crippen LogP contribution in [-0.4, -0.2) is 26.3 Å². The second kappa shape index (κ2) is 6.78. The van der Waals surface area contributed by atoms with Gasteiger partial charge in [-0.15, -0.1) is 0 Å².